The number of ether oxygens (including phenoxy) is 7. The molecule has 0 aliphatic carbocycles. The molecule has 3 rings (SSSR count). The minimum Gasteiger partial charge on any atom is -0.496 e. The van der Waals surface area contributed by atoms with Crippen molar-refractivity contribution in [2.45, 2.75) is 20.1 Å². The first-order valence-electron chi connectivity index (χ1n) is 11.2. The molecule has 0 fully saturated rings. The van der Waals surface area contributed by atoms with Crippen molar-refractivity contribution in [1.29, 1.82) is 0 Å². The molecule has 0 saturated heterocycles. The number of aryl methyl sites for hydroxylation is 1. The lowest BCUT2D eigenvalue weighted by atomic mass is 9.87. The Morgan fingerprint density at radius 3 is 2.05 bits per heavy atom. The topological polar surface area (TPSA) is 102 Å². The number of carbonyl (C=O) groups excluding carboxylic acids is 1. The maximum absolute atomic E-state index is 12.8. The van der Waals surface area contributed by atoms with E-state index < -0.39 is 5.97 Å². The zero-order valence-electron chi connectivity index (χ0n) is 21.9. The number of hydrogen-bond donors (Lipinski definition) is 1. The molecule has 0 unspecified atom stereocenters. The maximum Gasteiger partial charge on any atom is 0.341 e. The average Bonchev–Trinajstić information content (AvgIpc) is 2.90. The Balaban J connectivity index is 2.59. The number of rotatable bonds is 11. The number of benzene rings is 3. The Morgan fingerprint density at radius 1 is 0.865 bits per heavy atom. The highest BCUT2D eigenvalue weighted by molar-refractivity contribution is 6.34. The largest absolute Gasteiger partial charge is 0.496 e. The maximum atomic E-state index is 12.8. The van der Waals surface area contributed by atoms with Crippen LogP contribution in [-0.2, 0) is 27.4 Å². The van der Waals surface area contributed by atoms with Crippen LogP contribution >= 0.6 is 11.6 Å². The van der Waals surface area contributed by atoms with Gasteiger partial charge in [0.05, 0.1) is 59.2 Å². The Kier molecular flexibility index (Phi) is 9.45. The summed E-state index contributed by atoms with van der Waals surface area (Å²) in [5.74, 6) is 0.859. The van der Waals surface area contributed by atoms with Crippen molar-refractivity contribution in [1.82, 2.24) is 0 Å². The summed E-state index contributed by atoms with van der Waals surface area (Å²) in [5, 5.41) is 12.0. The van der Waals surface area contributed by atoms with Crippen LogP contribution in [0.15, 0.2) is 18.2 Å². The van der Waals surface area contributed by atoms with Crippen LogP contribution in [0.25, 0.3) is 21.9 Å². The Hall–Kier alpha value is -3.24. The number of aliphatic hydroxyl groups is 1. The molecule has 0 bridgehead atoms. The van der Waals surface area contributed by atoms with E-state index in [0.717, 1.165) is 0 Å². The van der Waals surface area contributed by atoms with Gasteiger partial charge in [0, 0.05) is 29.7 Å². The van der Waals surface area contributed by atoms with Crippen molar-refractivity contribution >= 4 is 28.3 Å². The molecule has 0 saturated carbocycles. The lowest BCUT2D eigenvalue weighted by molar-refractivity contribution is -0.0389. The molecular formula is C27H31ClO9. The second-order valence-electron chi connectivity index (χ2n) is 8.00. The zero-order valence-corrected chi connectivity index (χ0v) is 22.7. The molecule has 0 radical (unpaired) electrons. The molecule has 9 nitrogen and oxygen atoms in total. The predicted octanol–water partition coefficient (Wildman–Crippen LogP) is 4.90. The summed E-state index contributed by atoms with van der Waals surface area (Å²) < 4.78 is 38.8. The van der Waals surface area contributed by atoms with Gasteiger partial charge in [-0.1, -0.05) is 17.7 Å². The number of halogens is 1. The van der Waals surface area contributed by atoms with Crippen molar-refractivity contribution in [3.63, 3.8) is 0 Å². The molecule has 0 atom stereocenters. The van der Waals surface area contributed by atoms with E-state index in [1.54, 1.807) is 19.1 Å². The molecule has 1 N–H and O–H groups in total. The number of carbonyl (C=O) groups is 1. The molecule has 0 aromatic heterocycles. The van der Waals surface area contributed by atoms with Crippen LogP contribution in [0.3, 0.4) is 0 Å². The van der Waals surface area contributed by atoms with Gasteiger partial charge >= 0.3 is 5.97 Å². The molecule has 0 spiro atoms. The third-order valence-corrected chi connectivity index (χ3v) is 6.27. The van der Waals surface area contributed by atoms with Crippen LogP contribution in [-0.4, -0.2) is 60.5 Å². The van der Waals surface area contributed by atoms with Gasteiger partial charge in [0.15, 0.2) is 0 Å². The molecule has 3 aromatic rings. The molecule has 3 aromatic carbocycles. The highest BCUT2D eigenvalue weighted by Gasteiger charge is 2.30. The van der Waals surface area contributed by atoms with E-state index in [-0.39, 0.29) is 31.3 Å². The second-order valence-corrected chi connectivity index (χ2v) is 8.41. The van der Waals surface area contributed by atoms with Gasteiger partial charge in [-0.2, -0.15) is 0 Å². The van der Waals surface area contributed by atoms with Crippen molar-refractivity contribution in [2.75, 3.05) is 49.5 Å². The fourth-order valence-electron chi connectivity index (χ4n) is 4.53. The molecule has 0 aliphatic rings. The van der Waals surface area contributed by atoms with Crippen LogP contribution < -0.4 is 18.9 Å². The highest BCUT2D eigenvalue weighted by atomic mass is 35.5. The normalized spacial score (nSPS) is 10.9. The van der Waals surface area contributed by atoms with Crippen LogP contribution in [0.5, 0.6) is 23.0 Å². The number of methoxy groups -OCH3 is 6. The van der Waals surface area contributed by atoms with Crippen LogP contribution in [0, 0.1) is 6.92 Å². The monoisotopic (exact) mass is 534 g/mol. The first-order chi connectivity index (χ1) is 17.8. The van der Waals surface area contributed by atoms with E-state index in [4.69, 9.17) is 44.8 Å². The van der Waals surface area contributed by atoms with Crippen LogP contribution in [0.1, 0.15) is 27.0 Å². The summed E-state index contributed by atoms with van der Waals surface area (Å²) in [6, 6.07) is 5.18. The van der Waals surface area contributed by atoms with Gasteiger partial charge in [0.25, 0.3) is 0 Å². The third kappa shape index (κ3) is 5.13. The fraction of sp³-hybridized carbons (Fsp3) is 0.370. The van der Waals surface area contributed by atoms with E-state index in [1.165, 1.54) is 42.7 Å². The van der Waals surface area contributed by atoms with Crippen molar-refractivity contribution in [3.8, 4) is 34.1 Å². The Bertz CT molecular complexity index is 1300. The van der Waals surface area contributed by atoms with Gasteiger partial charge in [0.1, 0.15) is 35.4 Å². The summed E-state index contributed by atoms with van der Waals surface area (Å²) in [5.41, 5.74) is 2.98. The van der Waals surface area contributed by atoms with Gasteiger partial charge in [-0.3, -0.25) is 0 Å². The minimum absolute atomic E-state index is 0.0464. The number of hydrogen-bond acceptors (Lipinski definition) is 9. The lowest BCUT2D eigenvalue weighted by Gasteiger charge is -2.24. The van der Waals surface area contributed by atoms with E-state index in [0.29, 0.717) is 60.9 Å². The number of aliphatic hydroxyl groups excluding tert-OH is 1. The summed E-state index contributed by atoms with van der Waals surface area (Å²) in [7, 11) is 8.80. The smallest absolute Gasteiger partial charge is 0.341 e. The van der Waals surface area contributed by atoms with Gasteiger partial charge in [0.2, 0.25) is 0 Å². The van der Waals surface area contributed by atoms with Crippen molar-refractivity contribution < 1.29 is 43.1 Å². The molecule has 0 heterocycles. The summed E-state index contributed by atoms with van der Waals surface area (Å²) in [6.45, 7) is 1.57. The molecule has 0 amide bonds. The molecule has 37 heavy (non-hydrogen) atoms. The SMILES string of the molecule is COCOCc1cc(C)c(C(=O)OC)c(OC)c1-c1c(CO)cc2c(OC)c(Cl)cc(OC)c2c1OC. The highest BCUT2D eigenvalue weighted by Crippen LogP contribution is 2.52. The van der Waals surface area contributed by atoms with Crippen LogP contribution in [0.4, 0.5) is 0 Å². The lowest BCUT2D eigenvalue weighted by Crippen LogP contribution is -2.11. The first-order valence-corrected chi connectivity index (χ1v) is 11.6. The van der Waals surface area contributed by atoms with E-state index in [1.807, 2.05) is 6.07 Å². The first kappa shape index (κ1) is 28.3. The summed E-state index contributed by atoms with van der Waals surface area (Å²) >= 11 is 6.46. The van der Waals surface area contributed by atoms with E-state index in [2.05, 4.69) is 0 Å². The number of esters is 1. The minimum atomic E-state index is -0.573. The summed E-state index contributed by atoms with van der Waals surface area (Å²) in [6.07, 6.45) is 0. The van der Waals surface area contributed by atoms with Gasteiger partial charge in [-0.05, 0) is 29.7 Å². The quantitative estimate of drug-likeness (QED) is 0.209. The molecular weight excluding hydrogens is 504 g/mol. The molecule has 10 heteroatoms. The summed E-state index contributed by atoms with van der Waals surface area (Å²) in [4.78, 5) is 12.8. The van der Waals surface area contributed by atoms with Gasteiger partial charge in [-0.15, -0.1) is 0 Å². The van der Waals surface area contributed by atoms with Gasteiger partial charge < -0.3 is 38.3 Å². The van der Waals surface area contributed by atoms with Crippen molar-refractivity contribution in [2.24, 2.45) is 0 Å². The van der Waals surface area contributed by atoms with Gasteiger partial charge in [-0.25, -0.2) is 4.79 Å². The third-order valence-electron chi connectivity index (χ3n) is 5.99. The van der Waals surface area contributed by atoms with Crippen LogP contribution in [0.2, 0.25) is 5.02 Å². The van der Waals surface area contributed by atoms with E-state index >= 15 is 0 Å². The Labute approximate surface area is 220 Å². The van der Waals surface area contributed by atoms with Crippen molar-refractivity contribution in [3.05, 3.63) is 45.5 Å². The predicted molar refractivity (Wildman–Crippen MR) is 139 cm³/mol. The molecule has 200 valence electrons. The molecule has 0 aliphatic heterocycles. The average molecular weight is 535 g/mol. The fourth-order valence-corrected chi connectivity index (χ4v) is 4.80. The standard InChI is InChI=1S/C27H31ClO9/c1-14-8-16(12-37-13-31-2)22(25(34-5)20(14)27(30)36-7)21-15(11-29)9-17-23(26(21)35-6)19(32-3)10-18(28)24(17)33-4/h8-10,29H,11-13H2,1-7H3. The number of fused-ring (bicyclic) bond motifs is 1. The second kappa shape index (κ2) is 12.3. The zero-order chi connectivity index (χ0) is 27.3. The van der Waals surface area contributed by atoms with E-state index in [9.17, 15) is 9.90 Å². The Morgan fingerprint density at radius 2 is 1.51 bits per heavy atom.